The zero-order valence-electron chi connectivity index (χ0n) is 37.1. The number of para-hydroxylation sites is 1. The largest absolute Gasteiger partial charge is 0.456 e. The molecule has 0 unspecified atom stereocenters. The van der Waals surface area contributed by atoms with E-state index in [1.165, 1.54) is 73.3 Å². The van der Waals surface area contributed by atoms with Crippen LogP contribution in [0.3, 0.4) is 0 Å². The van der Waals surface area contributed by atoms with Gasteiger partial charge in [0.05, 0.1) is 16.7 Å². The van der Waals surface area contributed by atoms with Crippen LogP contribution in [0.25, 0.3) is 156 Å². The number of nitrogens with zero attached hydrogens (tertiary/aromatic N) is 4. The summed E-state index contributed by atoms with van der Waals surface area (Å²) in [6.45, 7) is 0. The van der Waals surface area contributed by atoms with Gasteiger partial charge in [-0.2, -0.15) is 0 Å². The van der Waals surface area contributed by atoms with E-state index in [1.54, 1.807) is 11.3 Å². The van der Waals surface area contributed by atoms with Crippen molar-refractivity contribution in [2.75, 3.05) is 0 Å². The van der Waals surface area contributed by atoms with Crippen molar-refractivity contribution >= 4 is 139 Å². The summed E-state index contributed by atoms with van der Waals surface area (Å²) in [5.41, 5.74) is 7.77. The fraction of sp³-hybridized carbons (Fsp3) is 0. The molecule has 0 aliphatic rings. The summed E-state index contributed by atoms with van der Waals surface area (Å²) in [6, 6.07) is 74.5. The highest BCUT2D eigenvalue weighted by Crippen LogP contribution is 2.47. The smallest absolute Gasteiger partial charge is 0.164 e. The second kappa shape index (κ2) is 14.4. The number of rotatable bonds is 4. The molecule has 0 atom stereocenters. The van der Waals surface area contributed by atoms with Crippen LogP contribution < -0.4 is 0 Å². The first-order valence-corrected chi connectivity index (χ1v) is 25.1. The highest BCUT2D eigenvalue weighted by atomic mass is 32.1. The Morgan fingerprint density at radius 3 is 1.54 bits per heavy atom. The van der Waals surface area contributed by atoms with Crippen LogP contribution in [0.15, 0.2) is 211 Å². The van der Waals surface area contributed by atoms with E-state index in [2.05, 4.69) is 187 Å². The van der Waals surface area contributed by atoms with E-state index in [1.807, 2.05) is 35.6 Å². The summed E-state index contributed by atoms with van der Waals surface area (Å²) in [5.74, 6) is 1.81. The Morgan fingerprint density at radius 1 is 0.329 bits per heavy atom. The predicted molar refractivity (Wildman–Crippen MR) is 296 cm³/mol. The van der Waals surface area contributed by atoms with Crippen LogP contribution in [-0.2, 0) is 0 Å². The lowest BCUT2D eigenvalue weighted by Crippen LogP contribution is -2.02. The van der Waals surface area contributed by atoms with Crippen molar-refractivity contribution in [2.24, 2.45) is 0 Å². The highest BCUT2D eigenvalue weighted by Gasteiger charge is 2.24. The second-order valence-electron chi connectivity index (χ2n) is 18.3. The molecule has 5 heterocycles. The average Bonchev–Trinajstić information content (AvgIpc) is 4.17. The minimum atomic E-state index is 0.590. The third-order valence-corrected chi connectivity index (χ3v) is 16.6. The molecule has 0 N–H and O–H groups in total. The van der Waals surface area contributed by atoms with Gasteiger partial charge in [0, 0.05) is 78.6 Å². The van der Waals surface area contributed by atoms with Crippen molar-refractivity contribution < 1.29 is 4.42 Å². The van der Waals surface area contributed by atoms with Crippen LogP contribution >= 0.6 is 22.7 Å². The molecule has 7 heteroatoms. The van der Waals surface area contributed by atoms with Crippen molar-refractivity contribution in [1.82, 2.24) is 19.5 Å². The molecule has 0 aliphatic carbocycles. The van der Waals surface area contributed by atoms with Crippen LogP contribution in [0.5, 0.6) is 0 Å². The third kappa shape index (κ3) is 5.55. The summed E-state index contributed by atoms with van der Waals surface area (Å²) in [7, 11) is 0. The number of fused-ring (bicyclic) bond motifs is 15. The first kappa shape index (κ1) is 38.2. The first-order chi connectivity index (χ1) is 34.6. The van der Waals surface area contributed by atoms with Gasteiger partial charge in [0.1, 0.15) is 11.2 Å². The van der Waals surface area contributed by atoms with Gasteiger partial charge in [-0.1, -0.05) is 133 Å². The van der Waals surface area contributed by atoms with Crippen molar-refractivity contribution in [3.8, 4) is 39.9 Å². The van der Waals surface area contributed by atoms with E-state index in [9.17, 15) is 0 Å². The number of hydrogen-bond donors (Lipinski definition) is 0. The standard InChI is InChI=1S/C63H34N4OS2/c1-4-16-38-30-49-46(27-35(38)13-1)47-28-36-14-2-5-17-39(36)31-50(47)67(49)51-32-41(34-57-60(51)48-29-37-15-3-6-18-40(37)33-56(48)70-57)61-64-62(44-21-11-24-53-58(44)42-19-7-9-23-52(42)68-53)66-63(65-61)45-22-12-26-55-59(45)43-20-8-10-25-54(43)69-55/h1-34H. The van der Waals surface area contributed by atoms with Gasteiger partial charge >= 0.3 is 0 Å². The second-order valence-corrected chi connectivity index (χ2v) is 20.5. The molecule has 0 amide bonds. The molecule has 0 spiro atoms. The van der Waals surface area contributed by atoms with Gasteiger partial charge in [0.2, 0.25) is 0 Å². The van der Waals surface area contributed by atoms with Crippen LogP contribution in [0, 0.1) is 0 Å². The third-order valence-electron chi connectivity index (χ3n) is 14.3. The number of thiophene rings is 2. The molecule has 0 radical (unpaired) electrons. The van der Waals surface area contributed by atoms with E-state index in [0.29, 0.717) is 17.5 Å². The Hall–Kier alpha value is -8.75. The maximum atomic E-state index is 6.45. The van der Waals surface area contributed by atoms with E-state index in [4.69, 9.17) is 19.4 Å². The fourth-order valence-corrected chi connectivity index (χ4v) is 13.5. The van der Waals surface area contributed by atoms with Crippen LogP contribution in [0.4, 0.5) is 0 Å². The van der Waals surface area contributed by atoms with Gasteiger partial charge < -0.3 is 8.98 Å². The molecule has 5 aromatic heterocycles. The maximum absolute atomic E-state index is 6.45. The lowest BCUT2D eigenvalue weighted by Gasteiger charge is -2.15. The van der Waals surface area contributed by atoms with Gasteiger partial charge in [-0.15, -0.1) is 22.7 Å². The molecule has 324 valence electrons. The molecule has 70 heavy (non-hydrogen) atoms. The topological polar surface area (TPSA) is 56.7 Å². The molecule has 5 nitrogen and oxygen atoms in total. The monoisotopic (exact) mass is 926 g/mol. The molecule has 0 bridgehead atoms. The highest BCUT2D eigenvalue weighted by molar-refractivity contribution is 7.26. The normalized spacial score (nSPS) is 12.3. The zero-order chi connectivity index (χ0) is 45.6. The van der Waals surface area contributed by atoms with E-state index in [-0.39, 0.29) is 0 Å². The van der Waals surface area contributed by atoms with Crippen LogP contribution in [0.2, 0.25) is 0 Å². The summed E-state index contributed by atoms with van der Waals surface area (Å²) in [6.07, 6.45) is 0. The molecule has 16 aromatic rings. The first-order valence-electron chi connectivity index (χ1n) is 23.5. The van der Waals surface area contributed by atoms with Crippen molar-refractivity contribution in [3.05, 3.63) is 206 Å². The lowest BCUT2D eigenvalue weighted by molar-refractivity contribution is 0.669. The van der Waals surface area contributed by atoms with Crippen molar-refractivity contribution in [3.63, 3.8) is 0 Å². The number of aromatic nitrogens is 4. The predicted octanol–water partition coefficient (Wildman–Crippen LogP) is 18.1. The number of hydrogen-bond acceptors (Lipinski definition) is 6. The van der Waals surface area contributed by atoms with Gasteiger partial charge in [-0.3, -0.25) is 0 Å². The Bertz CT molecular complexity index is 4690. The Kier molecular flexibility index (Phi) is 7.86. The van der Waals surface area contributed by atoms with Gasteiger partial charge in [0.25, 0.3) is 0 Å². The molecule has 0 saturated carbocycles. The SMILES string of the molecule is c1ccc2cc3c(cc2c1)sc1cc(-c2nc(-c4cccc5oc6ccccc6c45)nc(-c4cccc5sc6ccccc6c45)n2)cc(-n2c4cc5ccccc5cc4c4cc5ccccc5cc42)c13. The molecule has 0 aliphatic heterocycles. The Balaban J connectivity index is 1.05. The Labute approximate surface area is 406 Å². The quantitative estimate of drug-likeness (QED) is 0.176. The van der Waals surface area contributed by atoms with Crippen molar-refractivity contribution in [2.45, 2.75) is 0 Å². The van der Waals surface area contributed by atoms with Crippen molar-refractivity contribution in [1.29, 1.82) is 0 Å². The minimum absolute atomic E-state index is 0.590. The zero-order valence-corrected chi connectivity index (χ0v) is 38.8. The number of benzene rings is 11. The molecule has 16 rings (SSSR count). The van der Waals surface area contributed by atoms with Gasteiger partial charge in [0.15, 0.2) is 17.5 Å². The Morgan fingerprint density at radius 2 is 0.843 bits per heavy atom. The van der Waals surface area contributed by atoms with Gasteiger partial charge in [-0.05, 0) is 105 Å². The lowest BCUT2D eigenvalue weighted by atomic mass is 10.0. The molecular weight excluding hydrogens is 893 g/mol. The number of furan rings is 1. The minimum Gasteiger partial charge on any atom is -0.456 e. The van der Waals surface area contributed by atoms with E-state index >= 15 is 0 Å². The summed E-state index contributed by atoms with van der Waals surface area (Å²) >= 11 is 3.63. The molecule has 0 saturated heterocycles. The fourth-order valence-electron chi connectivity index (χ4n) is 11.2. The van der Waals surface area contributed by atoms with E-state index in [0.717, 1.165) is 65.4 Å². The van der Waals surface area contributed by atoms with Crippen LogP contribution in [0.1, 0.15) is 0 Å². The maximum Gasteiger partial charge on any atom is 0.164 e. The summed E-state index contributed by atoms with van der Waals surface area (Å²) in [5, 5.41) is 16.5. The van der Waals surface area contributed by atoms with Gasteiger partial charge in [-0.25, -0.2) is 15.0 Å². The van der Waals surface area contributed by atoms with Crippen LogP contribution in [-0.4, -0.2) is 19.5 Å². The molecule has 11 aromatic carbocycles. The average molecular weight is 927 g/mol. The molecule has 0 fully saturated rings. The van der Waals surface area contributed by atoms with E-state index < -0.39 is 0 Å². The molecular formula is C63H34N4OS2. The summed E-state index contributed by atoms with van der Waals surface area (Å²) in [4.78, 5) is 16.5. The summed E-state index contributed by atoms with van der Waals surface area (Å²) < 4.78 is 13.8.